The van der Waals surface area contributed by atoms with Crippen molar-refractivity contribution < 1.29 is 9.90 Å². The van der Waals surface area contributed by atoms with Crippen LogP contribution in [0.5, 0.6) is 0 Å². The number of aliphatic carboxylic acids is 1. The lowest BCUT2D eigenvalue weighted by Crippen LogP contribution is -2.17. The van der Waals surface area contributed by atoms with Gasteiger partial charge >= 0.3 is 5.97 Å². The number of H-pyrrole nitrogens is 1. The average molecular weight is 232 g/mol. The molecule has 5 nitrogen and oxygen atoms in total. The van der Waals surface area contributed by atoms with Crippen molar-refractivity contribution in [3.8, 4) is 0 Å². The van der Waals surface area contributed by atoms with Crippen LogP contribution in [-0.4, -0.2) is 21.3 Å². The van der Waals surface area contributed by atoms with Gasteiger partial charge in [0.05, 0.1) is 11.9 Å². The Morgan fingerprint density at radius 1 is 1.35 bits per heavy atom. The molecule has 0 saturated heterocycles. The first-order valence-electron chi connectivity index (χ1n) is 5.19. The maximum Gasteiger partial charge on any atom is 0.309 e. The Morgan fingerprint density at radius 2 is 2.00 bits per heavy atom. The smallest absolute Gasteiger partial charge is 0.309 e. The third kappa shape index (κ3) is 2.04. The first kappa shape index (κ1) is 11.3. The highest BCUT2D eigenvalue weighted by molar-refractivity contribution is 5.81. The van der Waals surface area contributed by atoms with Gasteiger partial charge in [-0.1, -0.05) is 0 Å². The summed E-state index contributed by atoms with van der Waals surface area (Å²) in [6.45, 7) is 3.85. The van der Waals surface area contributed by atoms with E-state index in [0.717, 1.165) is 11.1 Å². The summed E-state index contributed by atoms with van der Waals surface area (Å²) in [4.78, 5) is 22.6. The Bertz CT molecular complexity index is 659. The molecule has 1 aromatic carbocycles. The molecule has 0 unspecified atom stereocenters. The zero-order valence-corrected chi connectivity index (χ0v) is 9.57. The summed E-state index contributed by atoms with van der Waals surface area (Å²) in [7, 11) is 0. The Balaban J connectivity index is 2.71. The van der Waals surface area contributed by atoms with Gasteiger partial charge in [0, 0.05) is 5.39 Å². The molecule has 1 aromatic heterocycles. The van der Waals surface area contributed by atoms with Crippen LogP contribution in [0.3, 0.4) is 0 Å². The van der Waals surface area contributed by atoms with Gasteiger partial charge in [0.2, 0.25) is 5.43 Å². The van der Waals surface area contributed by atoms with Gasteiger partial charge in [-0.3, -0.25) is 14.7 Å². The zero-order chi connectivity index (χ0) is 12.6. The van der Waals surface area contributed by atoms with Crippen molar-refractivity contribution >= 4 is 16.9 Å². The Labute approximate surface area is 97.1 Å². The van der Waals surface area contributed by atoms with E-state index in [-0.39, 0.29) is 17.5 Å². The summed E-state index contributed by atoms with van der Waals surface area (Å²) >= 11 is 0. The number of fused-ring (bicyclic) bond motifs is 1. The molecule has 0 amide bonds. The highest BCUT2D eigenvalue weighted by Gasteiger charge is 2.11. The molecular formula is C12H12N2O3. The van der Waals surface area contributed by atoms with Crippen molar-refractivity contribution in [1.29, 1.82) is 0 Å². The molecule has 88 valence electrons. The zero-order valence-electron chi connectivity index (χ0n) is 9.57. The number of aryl methyl sites for hydroxylation is 2. The molecule has 0 aliphatic heterocycles. The second-order valence-corrected chi connectivity index (χ2v) is 4.05. The molecule has 5 heteroatoms. The lowest BCUT2D eigenvalue weighted by Gasteiger charge is -2.04. The van der Waals surface area contributed by atoms with E-state index in [0.29, 0.717) is 10.9 Å². The van der Waals surface area contributed by atoms with E-state index in [9.17, 15) is 9.59 Å². The van der Waals surface area contributed by atoms with E-state index < -0.39 is 5.97 Å². The first-order chi connectivity index (χ1) is 7.99. The molecule has 0 radical (unpaired) electrons. The van der Waals surface area contributed by atoms with Gasteiger partial charge in [-0.25, -0.2) is 0 Å². The van der Waals surface area contributed by atoms with Crippen LogP contribution >= 0.6 is 0 Å². The van der Waals surface area contributed by atoms with Crippen LogP contribution in [0.4, 0.5) is 0 Å². The van der Waals surface area contributed by atoms with Crippen molar-refractivity contribution in [2.45, 2.75) is 20.3 Å². The molecular weight excluding hydrogens is 220 g/mol. The minimum Gasteiger partial charge on any atom is -0.481 e. The molecule has 17 heavy (non-hydrogen) atoms. The molecule has 2 rings (SSSR count). The number of nitrogens with zero attached hydrogens (tertiary/aromatic N) is 1. The first-order valence-corrected chi connectivity index (χ1v) is 5.19. The molecule has 2 N–H and O–H groups in total. The van der Waals surface area contributed by atoms with Gasteiger partial charge in [-0.05, 0) is 37.1 Å². The van der Waals surface area contributed by atoms with E-state index in [4.69, 9.17) is 5.11 Å². The lowest BCUT2D eigenvalue weighted by atomic mass is 10.1. The molecule has 0 bridgehead atoms. The van der Waals surface area contributed by atoms with Gasteiger partial charge in [-0.15, -0.1) is 0 Å². The number of hydrogen-bond acceptors (Lipinski definition) is 3. The predicted molar refractivity (Wildman–Crippen MR) is 63.2 cm³/mol. The van der Waals surface area contributed by atoms with Gasteiger partial charge in [0.25, 0.3) is 0 Å². The third-order valence-electron chi connectivity index (χ3n) is 2.77. The predicted octanol–water partition coefficient (Wildman–Crippen LogP) is 1.17. The largest absolute Gasteiger partial charge is 0.481 e. The quantitative estimate of drug-likeness (QED) is 0.814. The third-order valence-corrected chi connectivity index (χ3v) is 2.77. The molecule has 0 aliphatic carbocycles. The van der Waals surface area contributed by atoms with Crippen LogP contribution < -0.4 is 5.43 Å². The van der Waals surface area contributed by atoms with Crippen molar-refractivity contribution in [2.75, 3.05) is 0 Å². The maximum absolute atomic E-state index is 12.0. The molecule has 0 spiro atoms. The van der Waals surface area contributed by atoms with Gasteiger partial charge in [0.1, 0.15) is 5.69 Å². The van der Waals surface area contributed by atoms with Crippen LogP contribution in [0.25, 0.3) is 10.9 Å². The Morgan fingerprint density at radius 3 is 2.65 bits per heavy atom. The number of aromatic amines is 1. The number of hydrogen-bond donors (Lipinski definition) is 2. The Hall–Kier alpha value is -2.17. The SMILES string of the molecule is Cc1cc2[nH]nc(CC(=O)O)c(=O)c2cc1C. The highest BCUT2D eigenvalue weighted by Crippen LogP contribution is 2.14. The fourth-order valence-corrected chi connectivity index (χ4v) is 1.69. The fourth-order valence-electron chi connectivity index (χ4n) is 1.69. The van der Waals surface area contributed by atoms with E-state index in [1.165, 1.54) is 0 Å². The summed E-state index contributed by atoms with van der Waals surface area (Å²) in [6.07, 6.45) is -0.363. The number of carboxylic acid groups (broad SMARTS) is 1. The van der Waals surface area contributed by atoms with Crippen molar-refractivity contribution in [3.05, 3.63) is 39.2 Å². The van der Waals surface area contributed by atoms with E-state index in [1.54, 1.807) is 6.07 Å². The number of nitrogens with one attached hydrogen (secondary N) is 1. The van der Waals surface area contributed by atoms with E-state index >= 15 is 0 Å². The lowest BCUT2D eigenvalue weighted by molar-refractivity contribution is -0.136. The fraction of sp³-hybridized carbons (Fsp3) is 0.250. The van der Waals surface area contributed by atoms with Crippen LogP contribution in [0.15, 0.2) is 16.9 Å². The average Bonchev–Trinajstić information content (AvgIpc) is 2.25. The second-order valence-electron chi connectivity index (χ2n) is 4.05. The van der Waals surface area contributed by atoms with Crippen molar-refractivity contribution in [2.24, 2.45) is 0 Å². The minimum absolute atomic E-state index is 0.0354. The molecule has 2 aromatic rings. The minimum atomic E-state index is -1.06. The molecule has 0 saturated carbocycles. The molecule has 0 atom stereocenters. The molecule has 1 heterocycles. The summed E-state index contributed by atoms with van der Waals surface area (Å²) in [5.74, 6) is -1.06. The summed E-state index contributed by atoms with van der Waals surface area (Å²) in [5, 5.41) is 15.7. The topological polar surface area (TPSA) is 83.1 Å². The number of carboxylic acids is 1. The number of rotatable bonds is 2. The van der Waals surface area contributed by atoms with Crippen molar-refractivity contribution in [1.82, 2.24) is 10.2 Å². The van der Waals surface area contributed by atoms with Crippen molar-refractivity contribution in [3.63, 3.8) is 0 Å². The maximum atomic E-state index is 12.0. The standard InChI is InChI=1S/C12H12N2O3/c1-6-3-8-9(4-7(6)2)13-14-10(12(8)17)5-11(15)16/h3-4H,5H2,1-2H3,(H,13,17)(H,15,16). The van der Waals surface area contributed by atoms with Gasteiger partial charge < -0.3 is 5.11 Å². The van der Waals surface area contributed by atoms with Crippen LogP contribution in [-0.2, 0) is 11.2 Å². The molecule has 0 aliphatic rings. The monoisotopic (exact) mass is 232 g/mol. The van der Waals surface area contributed by atoms with Gasteiger partial charge in [-0.2, -0.15) is 5.10 Å². The molecule has 0 fully saturated rings. The van der Waals surface area contributed by atoms with Crippen LogP contribution in [0.1, 0.15) is 16.8 Å². The summed E-state index contributed by atoms with van der Waals surface area (Å²) < 4.78 is 0. The second kappa shape index (κ2) is 4.01. The highest BCUT2D eigenvalue weighted by atomic mass is 16.4. The van der Waals surface area contributed by atoms with E-state index in [1.807, 2.05) is 19.9 Å². The van der Waals surface area contributed by atoms with Crippen LogP contribution in [0.2, 0.25) is 0 Å². The number of benzene rings is 1. The number of aromatic nitrogens is 2. The number of carbonyl (C=O) groups is 1. The summed E-state index contributed by atoms with van der Waals surface area (Å²) in [5.41, 5.74) is 2.40. The van der Waals surface area contributed by atoms with Crippen LogP contribution in [0, 0.1) is 13.8 Å². The Kier molecular flexibility index (Phi) is 2.67. The normalized spacial score (nSPS) is 10.7. The van der Waals surface area contributed by atoms with E-state index in [2.05, 4.69) is 10.2 Å². The van der Waals surface area contributed by atoms with Gasteiger partial charge in [0.15, 0.2) is 0 Å². The summed E-state index contributed by atoms with van der Waals surface area (Å²) in [6, 6.07) is 3.60.